The summed E-state index contributed by atoms with van der Waals surface area (Å²) in [6, 6.07) is 20.1. The third-order valence-corrected chi connectivity index (χ3v) is 5.30. The first-order valence-electron chi connectivity index (χ1n) is 10.7. The van der Waals surface area contributed by atoms with Gasteiger partial charge in [-0.2, -0.15) is 0 Å². The first-order chi connectivity index (χ1) is 13.2. The van der Waals surface area contributed by atoms with E-state index in [4.69, 9.17) is 9.47 Å². The Balaban J connectivity index is 2.07. The van der Waals surface area contributed by atoms with Gasteiger partial charge in [0.1, 0.15) is 11.5 Å². The molecule has 0 aromatic heterocycles. The van der Waals surface area contributed by atoms with Crippen LogP contribution in [-0.4, -0.2) is 5.79 Å². The molecule has 2 aromatic carbocycles. The molecule has 0 saturated carbocycles. The van der Waals surface area contributed by atoms with E-state index in [1.165, 1.54) is 38.5 Å². The van der Waals surface area contributed by atoms with Crippen LogP contribution < -0.4 is 9.47 Å². The van der Waals surface area contributed by atoms with Crippen molar-refractivity contribution in [3.05, 3.63) is 60.7 Å². The molecule has 0 aliphatic rings. The van der Waals surface area contributed by atoms with Gasteiger partial charge in [-0.25, -0.2) is 0 Å². The molecule has 1 atom stereocenters. The predicted octanol–water partition coefficient (Wildman–Crippen LogP) is 7.64. The van der Waals surface area contributed by atoms with Gasteiger partial charge in [0, 0.05) is 12.3 Å². The summed E-state index contributed by atoms with van der Waals surface area (Å²) in [6.45, 7) is 6.69. The molecule has 0 aliphatic carbocycles. The first kappa shape index (κ1) is 21.3. The fraction of sp³-hybridized carbons (Fsp3) is 0.520. The molecule has 0 saturated heterocycles. The molecule has 27 heavy (non-hydrogen) atoms. The molecule has 0 amide bonds. The highest BCUT2D eigenvalue weighted by atomic mass is 16.7. The van der Waals surface area contributed by atoms with Gasteiger partial charge in [0.2, 0.25) is 0 Å². The molecule has 2 aromatic rings. The van der Waals surface area contributed by atoms with Crippen molar-refractivity contribution in [2.45, 2.75) is 77.9 Å². The Labute approximate surface area is 165 Å². The van der Waals surface area contributed by atoms with Crippen molar-refractivity contribution < 1.29 is 9.47 Å². The van der Waals surface area contributed by atoms with E-state index >= 15 is 0 Å². The minimum absolute atomic E-state index is 0.300. The van der Waals surface area contributed by atoms with E-state index in [1.54, 1.807) is 0 Å². The molecule has 0 radical (unpaired) electrons. The maximum absolute atomic E-state index is 6.49. The third-order valence-electron chi connectivity index (χ3n) is 5.30. The largest absolute Gasteiger partial charge is 0.452 e. The van der Waals surface area contributed by atoms with E-state index in [0.29, 0.717) is 5.92 Å². The van der Waals surface area contributed by atoms with E-state index in [2.05, 4.69) is 20.8 Å². The number of benzene rings is 2. The standard InChI is InChI=1S/C25H36O2/c1-4-6-7-8-9-12-17-22(3)25(5-2,26-23-18-13-10-14-19-23)27-24-20-15-11-16-21-24/h10-11,13-16,18-22H,4-9,12,17H2,1-3H3. The molecular formula is C25H36O2. The lowest BCUT2D eigenvalue weighted by Gasteiger charge is -2.39. The van der Waals surface area contributed by atoms with E-state index in [9.17, 15) is 0 Å². The summed E-state index contributed by atoms with van der Waals surface area (Å²) in [5.74, 6) is 1.39. The minimum Gasteiger partial charge on any atom is -0.452 e. The van der Waals surface area contributed by atoms with Gasteiger partial charge in [-0.05, 0) is 30.7 Å². The van der Waals surface area contributed by atoms with E-state index in [1.807, 2.05) is 60.7 Å². The van der Waals surface area contributed by atoms with Crippen LogP contribution in [0, 0.1) is 5.92 Å². The Morgan fingerprint density at radius 2 is 1.19 bits per heavy atom. The Morgan fingerprint density at radius 3 is 1.67 bits per heavy atom. The lowest BCUT2D eigenvalue weighted by molar-refractivity contribution is -0.156. The summed E-state index contributed by atoms with van der Waals surface area (Å²) >= 11 is 0. The summed E-state index contributed by atoms with van der Waals surface area (Å²) in [4.78, 5) is 0. The van der Waals surface area contributed by atoms with Crippen molar-refractivity contribution >= 4 is 0 Å². The van der Waals surface area contributed by atoms with Crippen LogP contribution in [0.5, 0.6) is 11.5 Å². The Bertz CT molecular complexity index is 567. The van der Waals surface area contributed by atoms with Gasteiger partial charge in [-0.15, -0.1) is 0 Å². The van der Waals surface area contributed by atoms with Crippen LogP contribution >= 0.6 is 0 Å². The van der Waals surface area contributed by atoms with Crippen LogP contribution in [0.1, 0.15) is 72.1 Å². The van der Waals surface area contributed by atoms with Crippen molar-refractivity contribution in [1.82, 2.24) is 0 Å². The van der Waals surface area contributed by atoms with E-state index in [0.717, 1.165) is 24.3 Å². The summed E-state index contributed by atoms with van der Waals surface area (Å²) < 4.78 is 13.0. The van der Waals surface area contributed by atoms with Crippen molar-refractivity contribution in [1.29, 1.82) is 0 Å². The number of hydrogen-bond acceptors (Lipinski definition) is 2. The normalized spacial score (nSPS) is 12.6. The van der Waals surface area contributed by atoms with Gasteiger partial charge in [0.15, 0.2) is 0 Å². The maximum Gasteiger partial charge on any atom is 0.253 e. The second-order valence-corrected chi connectivity index (χ2v) is 7.45. The highest BCUT2D eigenvalue weighted by Crippen LogP contribution is 2.34. The van der Waals surface area contributed by atoms with Crippen molar-refractivity contribution in [3.63, 3.8) is 0 Å². The quantitative estimate of drug-likeness (QED) is 0.267. The first-order valence-corrected chi connectivity index (χ1v) is 10.7. The lowest BCUT2D eigenvalue weighted by Crippen LogP contribution is -2.48. The van der Waals surface area contributed by atoms with Gasteiger partial charge in [-0.1, -0.05) is 95.7 Å². The number of para-hydroxylation sites is 2. The smallest absolute Gasteiger partial charge is 0.253 e. The SMILES string of the molecule is CCCCCCCCC(C)C(CC)(Oc1ccccc1)Oc1ccccc1. The second-order valence-electron chi connectivity index (χ2n) is 7.45. The Hall–Kier alpha value is -1.96. The highest BCUT2D eigenvalue weighted by molar-refractivity contribution is 5.24. The van der Waals surface area contributed by atoms with Crippen molar-refractivity contribution in [2.75, 3.05) is 0 Å². The van der Waals surface area contributed by atoms with Crippen LogP contribution in [0.25, 0.3) is 0 Å². The number of rotatable bonds is 13. The fourth-order valence-electron chi connectivity index (χ4n) is 3.54. The van der Waals surface area contributed by atoms with E-state index in [-0.39, 0.29) is 0 Å². The van der Waals surface area contributed by atoms with Gasteiger partial charge < -0.3 is 9.47 Å². The number of hydrogen-bond donors (Lipinski definition) is 0. The zero-order chi connectivity index (χ0) is 19.4. The number of unbranched alkanes of at least 4 members (excludes halogenated alkanes) is 5. The molecule has 0 aliphatic heterocycles. The zero-order valence-electron chi connectivity index (χ0n) is 17.3. The topological polar surface area (TPSA) is 18.5 Å². The Morgan fingerprint density at radius 1 is 0.704 bits per heavy atom. The monoisotopic (exact) mass is 368 g/mol. The van der Waals surface area contributed by atoms with Gasteiger partial charge in [0.05, 0.1) is 0 Å². The minimum atomic E-state index is -0.647. The zero-order valence-corrected chi connectivity index (χ0v) is 17.3. The van der Waals surface area contributed by atoms with E-state index < -0.39 is 5.79 Å². The molecule has 0 spiro atoms. The van der Waals surface area contributed by atoms with Crippen LogP contribution in [0.3, 0.4) is 0 Å². The highest BCUT2D eigenvalue weighted by Gasteiger charge is 2.39. The average Bonchev–Trinajstić information content (AvgIpc) is 2.71. The molecule has 2 rings (SSSR count). The average molecular weight is 369 g/mol. The summed E-state index contributed by atoms with van der Waals surface area (Å²) in [6.07, 6.45) is 9.76. The molecular weight excluding hydrogens is 332 g/mol. The summed E-state index contributed by atoms with van der Waals surface area (Å²) in [5, 5.41) is 0. The van der Waals surface area contributed by atoms with Crippen LogP contribution in [0.4, 0.5) is 0 Å². The summed E-state index contributed by atoms with van der Waals surface area (Å²) in [5.41, 5.74) is 0. The predicted molar refractivity (Wildman–Crippen MR) is 114 cm³/mol. The fourth-order valence-corrected chi connectivity index (χ4v) is 3.54. The van der Waals surface area contributed by atoms with Crippen molar-refractivity contribution in [2.24, 2.45) is 5.92 Å². The van der Waals surface area contributed by atoms with Crippen LogP contribution in [-0.2, 0) is 0 Å². The third kappa shape index (κ3) is 6.93. The molecule has 0 N–H and O–H groups in total. The van der Waals surface area contributed by atoms with Crippen LogP contribution in [0.15, 0.2) is 60.7 Å². The molecule has 1 unspecified atom stereocenters. The molecule has 148 valence electrons. The number of ether oxygens (including phenoxy) is 2. The van der Waals surface area contributed by atoms with Crippen molar-refractivity contribution in [3.8, 4) is 11.5 Å². The van der Waals surface area contributed by atoms with Crippen LogP contribution in [0.2, 0.25) is 0 Å². The van der Waals surface area contributed by atoms with Gasteiger partial charge in [-0.3, -0.25) is 0 Å². The molecule has 0 fully saturated rings. The maximum atomic E-state index is 6.49. The van der Waals surface area contributed by atoms with Gasteiger partial charge in [0.25, 0.3) is 5.79 Å². The molecule has 0 heterocycles. The molecule has 2 nitrogen and oxygen atoms in total. The molecule has 2 heteroatoms. The molecule has 0 bridgehead atoms. The van der Waals surface area contributed by atoms with Gasteiger partial charge >= 0.3 is 0 Å². The second kappa shape index (κ2) is 11.7. The Kier molecular flexibility index (Phi) is 9.24. The summed E-state index contributed by atoms with van der Waals surface area (Å²) in [7, 11) is 0. The lowest BCUT2D eigenvalue weighted by atomic mass is 9.91.